The molecular formula is C16H15F2NO3. The standard InChI is InChI=1S/C16H15F2NO3/c17-12-5-10(6-13(18)7-12)9-22-14-3-1-11(2-4-14)15(19)8-16(20)21/h1-7,15H,8-9,19H2,(H,20,21). The van der Waals surface area contributed by atoms with Crippen LogP contribution in [0.3, 0.4) is 0 Å². The van der Waals surface area contributed by atoms with Crippen molar-refractivity contribution in [2.45, 2.75) is 19.1 Å². The number of ether oxygens (including phenoxy) is 1. The summed E-state index contributed by atoms with van der Waals surface area (Å²) in [7, 11) is 0. The molecule has 0 saturated heterocycles. The zero-order chi connectivity index (χ0) is 16.1. The number of carbonyl (C=O) groups is 1. The predicted octanol–water partition coefficient (Wildman–Crippen LogP) is 3.02. The average molecular weight is 307 g/mol. The highest BCUT2D eigenvalue weighted by atomic mass is 19.1. The lowest BCUT2D eigenvalue weighted by molar-refractivity contribution is -0.137. The molecule has 6 heteroatoms. The number of benzene rings is 2. The number of rotatable bonds is 6. The molecule has 0 fully saturated rings. The van der Waals surface area contributed by atoms with Gasteiger partial charge in [0.15, 0.2) is 0 Å². The van der Waals surface area contributed by atoms with E-state index >= 15 is 0 Å². The van der Waals surface area contributed by atoms with Gasteiger partial charge in [0.25, 0.3) is 0 Å². The molecule has 116 valence electrons. The highest BCUT2D eigenvalue weighted by Gasteiger charge is 2.10. The lowest BCUT2D eigenvalue weighted by atomic mass is 10.0. The van der Waals surface area contributed by atoms with Crippen LogP contribution in [0.4, 0.5) is 8.78 Å². The van der Waals surface area contributed by atoms with E-state index < -0.39 is 23.6 Å². The van der Waals surface area contributed by atoms with Crippen molar-refractivity contribution in [2.75, 3.05) is 0 Å². The van der Waals surface area contributed by atoms with Crippen LogP contribution in [0.15, 0.2) is 42.5 Å². The Morgan fingerprint density at radius 1 is 1.14 bits per heavy atom. The minimum atomic E-state index is -0.971. The van der Waals surface area contributed by atoms with Crippen LogP contribution in [0.25, 0.3) is 0 Å². The van der Waals surface area contributed by atoms with Crippen molar-refractivity contribution in [3.8, 4) is 5.75 Å². The monoisotopic (exact) mass is 307 g/mol. The maximum absolute atomic E-state index is 13.0. The van der Waals surface area contributed by atoms with Gasteiger partial charge in [0.1, 0.15) is 24.0 Å². The molecule has 1 atom stereocenters. The van der Waals surface area contributed by atoms with Crippen molar-refractivity contribution in [3.63, 3.8) is 0 Å². The number of hydrogen-bond acceptors (Lipinski definition) is 3. The number of nitrogens with two attached hydrogens (primary N) is 1. The summed E-state index contributed by atoms with van der Waals surface area (Å²) in [5.74, 6) is -1.79. The fraction of sp³-hybridized carbons (Fsp3) is 0.188. The van der Waals surface area contributed by atoms with Crippen molar-refractivity contribution in [3.05, 3.63) is 65.2 Å². The van der Waals surface area contributed by atoms with Gasteiger partial charge in [0.2, 0.25) is 0 Å². The Kier molecular flexibility index (Phi) is 5.06. The van der Waals surface area contributed by atoms with Crippen molar-refractivity contribution in [1.29, 1.82) is 0 Å². The van der Waals surface area contributed by atoms with Crippen LogP contribution in [-0.4, -0.2) is 11.1 Å². The largest absolute Gasteiger partial charge is 0.489 e. The number of carboxylic acid groups (broad SMARTS) is 1. The van der Waals surface area contributed by atoms with E-state index in [4.69, 9.17) is 15.6 Å². The summed E-state index contributed by atoms with van der Waals surface area (Å²) in [6.45, 7) is 0.0230. The van der Waals surface area contributed by atoms with E-state index in [1.165, 1.54) is 12.1 Å². The second-order valence-corrected chi connectivity index (χ2v) is 4.84. The van der Waals surface area contributed by atoms with E-state index in [2.05, 4.69) is 0 Å². The molecule has 0 heterocycles. The van der Waals surface area contributed by atoms with Gasteiger partial charge >= 0.3 is 5.97 Å². The molecule has 0 aliphatic heterocycles. The molecule has 22 heavy (non-hydrogen) atoms. The topological polar surface area (TPSA) is 72.6 Å². The van der Waals surface area contributed by atoms with Crippen molar-refractivity contribution >= 4 is 5.97 Å². The first-order valence-electron chi connectivity index (χ1n) is 6.59. The van der Waals surface area contributed by atoms with E-state index in [9.17, 15) is 13.6 Å². The van der Waals surface area contributed by atoms with Gasteiger partial charge < -0.3 is 15.6 Å². The van der Waals surface area contributed by atoms with Crippen LogP contribution < -0.4 is 10.5 Å². The molecule has 3 N–H and O–H groups in total. The third kappa shape index (κ3) is 4.53. The number of halogens is 2. The van der Waals surface area contributed by atoms with Crippen LogP contribution in [-0.2, 0) is 11.4 Å². The summed E-state index contributed by atoms with van der Waals surface area (Å²) >= 11 is 0. The first-order valence-corrected chi connectivity index (χ1v) is 6.59. The maximum Gasteiger partial charge on any atom is 0.305 e. The third-order valence-corrected chi connectivity index (χ3v) is 3.03. The summed E-state index contributed by atoms with van der Waals surface area (Å²) in [6.07, 6.45) is -0.164. The summed E-state index contributed by atoms with van der Waals surface area (Å²) in [5, 5.41) is 8.69. The molecule has 4 nitrogen and oxygen atoms in total. The van der Waals surface area contributed by atoms with Gasteiger partial charge in [-0.1, -0.05) is 12.1 Å². The van der Waals surface area contributed by atoms with E-state index in [-0.39, 0.29) is 13.0 Å². The van der Waals surface area contributed by atoms with E-state index in [1.54, 1.807) is 24.3 Å². The molecule has 0 amide bonds. The molecule has 2 aromatic rings. The Hall–Kier alpha value is -2.47. The quantitative estimate of drug-likeness (QED) is 0.860. The minimum absolute atomic E-state index is 0.0230. The van der Waals surface area contributed by atoms with Gasteiger partial charge in [0.05, 0.1) is 6.42 Å². The van der Waals surface area contributed by atoms with Gasteiger partial charge in [0, 0.05) is 12.1 Å². The third-order valence-electron chi connectivity index (χ3n) is 3.03. The molecule has 0 aromatic heterocycles. The number of carboxylic acids is 1. The molecule has 0 aliphatic carbocycles. The van der Waals surface area contributed by atoms with Gasteiger partial charge in [-0.3, -0.25) is 4.79 Å². The van der Waals surface area contributed by atoms with Crippen molar-refractivity contribution < 1.29 is 23.4 Å². The Bertz CT molecular complexity index is 639. The van der Waals surface area contributed by atoms with E-state index in [0.717, 1.165) is 6.07 Å². The molecule has 0 radical (unpaired) electrons. The molecule has 0 bridgehead atoms. The van der Waals surface area contributed by atoms with Gasteiger partial charge in [-0.2, -0.15) is 0 Å². The Morgan fingerprint density at radius 2 is 1.73 bits per heavy atom. The van der Waals surface area contributed by atoms with Crippen molar-refractivity contribution in [1.82, 2.24) is 0 Å². The first-order chi connectivity index (χ1) is 10.4. The smallest absolute Gasteiger partial charge is 0.305 e. The second-order valence-electron chi connectivity index (χ2n) is 4.84. The summed E-state index contributed by atoms with van der Waals surface area (Å²) < 4.78 is 31.5. The molecular weight excluding hydrogens is 292 g/mol. The van der Waals surface area contributed by atoms with Gasteiger partial charge in [-0.15, -0.1) is 0 Å². The summed E-state index contributed by atoms with van der Waals surface area (Å²) in [6, 6.07) is 9.18. The fourth-order valence-electron chi connectivity index (χ4n) is 1.98. The molecule has 0 aliphatic rings. The molecule has 0 spiro atoms. The predicted molar refractivity (Wildman–Crippen MR) is 76.3 cm³/mol. The van der Waals surface area contributed by atoms with Crippen LogP contribution in [0, 0.1) is 11.6 Å². The highest BCUT2D eigenvalue weighted by Crippen LogP contribution is 2.19. The maximum atomic E-state index is 13.0. The Labute approximate surface area is 126 Å². The molecule has 1 unspecified atom stereocenters. The van der Waals surface area contributed by atoms with Gasteiger partial charge in [-0.25, -0.2) is 8.78 Å². The lowest BCUT2D eigenvalue weighted by Gasteiger charge is -2.11. The van der Waals surface area contributed by atoms with Crippen LogP contribution >= 0.6 is 0 Å². The summed E-state index contributed by atoms with van der Waals surface area (Å²) in [5.41, 5.74) is 6.79. The zero-order valence-corrected chi connectivity index (χ0v) is 11.6. The first kappa shape index (κ1) is 15.9. The van der Waals surface area contributed by atoms with Gasteiger partial charge in [-0.05, 0) is 35.4 Å². The minimum Gasteiger partial charge on any atom is -0.489 e. The SMILES string of the molecule is NC(CC(=O)O)c1ccc(OCc2cc(F)cc(F)c2)cc1. The second kappa shape index (κ2) is 7.00. The Balaban J connectivity index is 1.98. The van der Waals surface area contributed by atoms with Crippen molar-refractivity contribution in [2.24, 2.45) is 5.73 Å². The van der Waals surface area contributed by atoms with Crippen LogP contribution in [0.5, 0.6) is 5.75 Å². The highest BCUT2D eigenvalue weighted by molar-refractivity contribution is 5.67. The van der Waals surface area contributed by atoms with Crippen LogP contribution in [0.2, 0.25) is 0 Å². The number of aliphatic carboxylic acids is 1. The Morgan fingerprint density at radius 3 is 2.27 bits per heavy atom. The fourth-order valence-corrected chi connectivity index (χ4v) is 1.98. The normalized spacial score (nSPS) is 12.0. The molecule has 2 aromatic carbocycles. The molecule has 2 rings (SSSR count). The molecule has 0 saturated carbocycles. The lowest BCUT2D eigenvalue weighted by Crippen LogP contribution is -2.14. The van der Waals surface area contributed by atoms with E-state index in [0.29, 0.717) is 16.9 Å². The average Bonchev–Trinajstić information content (AvgIpc) is 2.44. The number of hydrogen-bond donors (Lipinski definition) is 2. The zero-order valence-electron chi connectivity index (χ0n) is 11.6. The van der Waals surface area contributed by atoms with Crippen LogP contribution in [0.1, 0.15) is 23.6 Å². The summed E-state index contributed by atoms with van der Waals surface area (Å²) in [4.78, 5) is 10.6. The van der Waals surface area contributed by atoms with E-state index in [1.807, 2.05) is 0 Å².